The summed E-state index contributed by atoms with van der Waals surface area (Å²) in [5, 5.41) is 3.25. The minimum atomic E-state index is 0.290. The molecule has 4 heteroatoms. The van der Waals surface area contributed by atoms with E-state index in [1.54, 1.807) is 0 Å². The molecule has 0 unspecified atom stereocenters. The van der Waals surface area contributed by atoms with Gasteiger partial charge in [-0.2, -0.15) is 0 Å². The van der Waals surface area contributed by atoms with E-state index < -0.39 is 0 Å². The molecule has 1 N–H and O–H groups in total. The second-order valence-corrected chi connectivity index (χ2v) is 5.59. The number of hydrogen-bond acceptors (Lipinski definition) is 4. The Kier molecular flexibility index (Phi) is 4.55. The topological polar surface area (TPSA) is 41.6 Å². The zero-order chi connectivity index (χ0) is 14.5. The van der Waals surface area contributed by atoms with Crippen LogP contribution in [0.5, 0.6) is 0 Å². The predicted octanol–water partition coefficient (Wildman–Crippen LogP) is 2.96. The lowest BCUT2D eigenvalue weighted by molar-refractivity contribution is -0.116. The first-order valence-electron chi connectivity index (χ1n) is 7.74. The Bertz CT molecular complexity index is 516. The molecule has 1 aromatic rings. The Morgan fingerprint density at radius 3 is 2.48 bits per heavy atom. The van der Waals surface area contributed by atoms with E-state index in [2.05, 4.69) is 34.5 Å². The van der Waals surface area contributed by atoms with Crippen LogP contribution in [0.25, 0.3) is 0 Å². The van der Waals surface area contributed by atoms with Gasteiger partial charge in [-0.25, -0.2) is 0 Å². The van der Waals surface area contributed by atoms with Gasteiger partial charge in [-0.3, -0.25) is 4.79 Å². The number of rotatable bonds is 3. The van der Waals surface area contributed by atoms with Crippen LogP contribution in [0.4, 0.5) is 11.4 Å². The summed E-state index contributed by atoms with van der Waals surface area (Å²) in [6.07, 6.45) is 5.63. The summed E-state index contributed by atoms with van der Waals surface area (Å²) in [6.45, 7) is 3.50. The molecule has 1 aliphatic carbocycles. The van der Waals surface area contributed by atoms with Crippen LogP contribution in [0.15, 0.2) is 36.0 Å². The molecule has 3 rings (SSSR count). The fraction of sp³-hybridized carbons (Fsp3) is 0.471. The summed E-state index contributed by atoms with van der Waals surface area (Å²) in [5.74, 6) is 0.290. The normalized spacial score (nSPS) is 21.6. The SMILES string of the molecule is O=C1CCCC/C1=C\Nc1ccc(N2CCOCC2)cc1. The molecule has 1 aromatic carbocycles. The van der Waals surface area contributed by atoms with Gasteiger partial charge in [-0.15, -0.1) is 0 Å². The van der Waals surface area contributed by atoms with E-state index in [1.807, 2.05) is 6.20 Å². The van der Waals surface area contributed by atoms with Crippen LogP contribution in [0, 0.1) is 0 Å². The predicted molar refractivity (Wildman–Crippen MR) is 84.7 cm³/mol. The highest BCUT2D eigenvalue weighted by Gasteiger charge is 2.14. The van der Waals surface area contributed by atoms with Crippen molar-refractivity contribution < 1.29 is 9.53 Å². The lowest BCUT2D eigenvalue weighted by Gasteiger charge is -2.28. The van der Waals surface area contributed by atoms with Crippen LogP contribution in [-0.2, 0) is 9.53 Å². The maximum atomic E-state index is 11.7. The number of carbonyl (C=O) groups is 1. The lowest BCUT2D eigenvalue weighted by Crippen LogP contribution is -2.36. The van der Waals surface area contributed by atoms with E-state index in [1.165, 1.54) is 5.69 Å². The molecule has 112 valence electrons. The van der Waals surface area contributed by atoms with E-state index in [9.17, 15) is 4.79 Å². The first-order valence-corrected chi connectivity index (χ1v) is 7.74. The number of anilines is 2. The van der Waals surface area contributed by atoms with E-state index in [0.717, 1.165) is 56.8 Å². The van der Waals surface area contributed by atoms with Gasteiger partial charge in [-0.1, -0.05) is 0 Å². The number of morpholine rings is 1. The standard InChI is InChI=1S/C17H22N2O2/c20-17-4-2-1-3-14(17)13-18-15-5-7-16(8-6-15)19-9-11-21-12-10-19/h5-8,13,18H,1-4,9-12H2/b14-13+. The van der Waals surface area contributed by atoms with Crippen LogP contribution in [-0.4, -0.2) is 32.1 Å². The number of hydrogen-bond donors (Lipinski definition) is 1. The van der Waals surface area contributed by atoms with Crippen LogP contribution in [0.3, 0.4) is 0 Å². The summed E-state index contributed by atoms with van der Waals surface area (Å²) in [7, 11) is 0. The summed E-state index contributed by atoms with van der Waals surface area (Å²) in [6, 6.07) is 8.37. The maximum Gasteiger partial charge on any atom is 0.160 e. The third kappa shape index (κ3) is 3.64. The van der Waals surface area contributed by atoms with Crippen molar-refractivity contribution in [1.29, 1.82) is 0 Å². The zero-order valence-corrected chi connectivity index (χ0v) is 12.3. The Balaban J connectivity index is 1.61. The van der Waals surface area contributed by atoms with Gasteiger partial charge in [0, 0.05) is 42.7 Å². The van der Waals surface area contributed by atoms with Crippen molar-refractivity contribution in [2.75, 3.05) is 36.5 Å². The fourth-order valence-corrected chi connectivity index (χ4v) is 2.81. The number of benzene rings is 1. The van der Waals surface area contributed by atoms with Crippen molar-refractivity contribution in [1.82, 2.24) is 0 Å². The van der Waals surface area contributed by atoms with Crippen molar-refractivity contribution in [2.24, 2.45) is 0 Å². The van der Waals surface area contributed by atoms with Crippen molar-refractivity contribution >= 4 is 17.2 Å². The second kappa shape index (κ2) is 6.76. The van der Waals surface area contributed by atoms with Crippen LogP contribution < -0.4 is 10.2 Å². The molecule has 0 radical (unpaired) electrons. The molecule has 0 amide bonds. The number of Topliss-reactive ketones (excluding diaryl/α,β-unsaturated/α-hetero) is 1. The molecular weight excluding hydrogens is 264 g/mol. The molecule has 21 heavy (non-hydrogen) atoms. The Hall–Kier alpha value is -1.81. The molecule has 2 fully saturated rings. The Morgan fingerprint density at radius 2 is 1.76 bits per heavy atom. The van der Waals surface area contributed by atoms with Crippen molar-refractivity contribution in [3.63, 3.8) is 0 Å². The van der Waals surface area contributed by atoms with Gasteiger partial charge in [0.15, 0.2) is 5.78 Å². The number of nitrogens with zero attached hydrogens (tertiary/aromatic N) is 1. The average molecular weight is 286 g/mol. The number of allylic oxidation sites excluding steroid dienone is 1. The third-order valence-corrected chi connectivity index (χ3v) is 4.11. The summed E-state index contributed by atoms with van der Waals surface area (Å²) in [4.78, 5) is 14.1. The van der Waals surface area contributed by atoms with E-state index in [-0.39, 0.29) is 0 Å². The van der Waals surface area contributed by atoms with Crippen molar-refractivity contribution in [3.8, 4) is 0 Å². The van der Waals surface area contributed by atoms with Gasteiger partial charge >= 0.3 is 0 Å². The summed E-state index contributed by atoms with van der Waals surface area (Å²) >= 11 is 0. The van der Waals surface area contributed by atoms with E-state index in [4.69, 9.17) is 4.74 Å². The molecule has 1 aliphatic heterocycles. The lowest BCUT2D eigenvalue weighted by atomic mass is 9.94. The van der Waals surface area contributed by atoms with Crippen molar-refractivity contribution in [2.45, 2.75) is 25.7 Å². The van der Waals surface area contributed by atoms with Gasteiger partial charge in [0.25, 0.3) is 0 Å². The molecule has 0 bridgehead atoms. The smallest absolute Gasteiger partial charge is 0.160 e. The molecule has 0 spiro atoms. The minimum absolute atomic E-state index is 0.290. The highest BCUT2D eigenvalue weighted by molar-refractivity contribution is 5.96. The Labute approximate surface area is 125 Å². The van der Waals surface area contributed by atoms with Crippen molar-refractivity contribution in [3.05, 3.63) is 36.0 Å². The average Bonchev–Trinajstić information content (AvgIpc) is 2.55. The molecule has 1 saturated heterocycles. The van der Waals surface area contributed by atoms with Gasteiger partial charge in [0.05, 0.1) is 13.2 Å². The highest BCUT2D eigenvalue weighted by atomic mass is 16.5. The number of ether oxygens (including phenoxy) is 1. The molecule has 0 atom stereocenters. The molecule has 0 aromatic heterocycles. The van der Waals surface area contributed by atoms with Gasteiger partial charge in [0.1, 0.15) is 0 Å². The molecule has 2 aliphatic rings. The number of carbonyl (C=O) groups excluding carboxylic acids is 1. The first kappa shape index (κ1) is 14.1. The molecule has 4 nitrogen and oxygen atoms in total. The Morgan fingerprint density at radius 1 is 1.05 bits per heavy atom. The van der Waals surface area contributed by atoms with Crippen LogP contribution in [0.1, 0.15) is 25.7 Å². The fourth-order valence-electron chi connectivity index (χ4n) is 2.81. The quantitative estimate of drug-likeness (QED) is 0.867. The highest BCUT2D eigenvalue weighted by Crippen LogP contribution is 2.22. The van der Waals surface area contributed by atoms with Gasteiger partial charge in [-0.05, 0) is 43.5 Å². The zero-order valence-electron chi connectivity index (χ0n) is 12.3. The maximum absolute atomic E-state index is 11.7. The van der Waals surface area contributed by atoms with Crippen LogP contribution >= 0.6 is 0 Å². The first-order chi connectivity index (χ1) is 10.3. The largest absolute Gasteiger partial charge is 0.378 e. The number of nitrogens with one attached hydrogen (secondary N) is 1. The second-order valence-electron chi connectivity index (χ2n) is 5.59. The minimum Gasteiger partial charge on any atom is -0.378 e. The number of ketones is 1. The van der Waals surface area contributed by atoms with Crippen LogP contribution in [0.2, 0.25) is 0 Å². The third-order valence-electron chi connectivity index (χ3n) is 4.11. The summed E-state index contributed by atoms with van der Waals surface area (Å²) < 4.78 is 5.37. The summed E-state index contributed by atoms with van der Waals surface area (Å²) in [5.41, 5.74) is 3.18. The van der Waals surface area contributed by atoms with Gasteiger partial charge in [0.2, 0.25) is 0 Å². The molecular formula is C17H22N2O2. The monoisotopic (exact) mass is 286 g/mol. The molecule has 1 saturated carbocycles. The molecule has 1 heterocycles. The van der Waals surface area contributed by atoms with Gasteiger partial charge < -0.3 is 15.0 Å². The van der Waals surface area contributed by atoms with E-state index >= 15 is 0 Å². The van der Waals surface area contributed by atoms with E-state index in [0.29, 0.717) is 12.2 Å².